The molecule has 3 N–H and O–H groups in total. The molecule has 1 saturated carbocycles. The van der Waals surface area contributed by atoms with Gasteiger partial charge in [0.15, 0.2) is 0 Å². The minimum Gasteiger partial charge on any atom is -0.384 e. The maximum atomic E-state index is 5.85. The second-order valence-corrected chi connectivity index (χ2v) is 5.77. The molecule has 2 aromatic heterocycles. The van der Waals surface area contributed by atoms with E-state index < -0.39 is 0 Å². The third-order valence-electron chi connectivity index (χ3n) is 3.31. The van der Waals surface area contributed by atoms with Gasteiger partial charge in [-0.1, -0.05) is 6.07 Å². The molecule has 0 aliphatic heterocycles. The van der Waals surface area contributed by atoms with Crippen LogP contribution in [0.5, 0.6) is 0 Å². The molecule has 0 atom stereocenters. The fourth-order valence-corrected chi connectivity index (χ4v) is 3.32. The summed E-state index contributed by atoms with van der Waals surface area (Å²) in [5, 5.41) is 8.00. The molecule has 0 unspecified atom stereocenters. The van der Waals surface area contributed by atoms with Crippen LogP contribution in [0.4, 0.5) is 5.82 Å². The van der Waals surface area contributed by atoms with Crippen LogP contribution in [0.3, 0.4) is 0 Å². The molecule has 0 spiro atoms. The lowest BCUT2D eigenvalue weighted by molar-refractivity contribution is 1.10. The topological polar surface area (TPSA) is 67.6 Å². The predicted octanol–water partition coefficient (Wildman–Crippen LogP) is 3.15. The van der Waals surface area contributed by atoms with Crippen LogP contribution in [0, 0.1) is 0 Å². The fourth-order valence-electron chi connectivity index (χ4n) is 2.14. The first-order valence-electron chi connectivity index (χ1n) is 6.01. The van der Waals surface area contributed by atoms with Gasteiger partial charge in [-0.3, -0.25) is 5.10 Å². The van der Waals surface area contributed by atoms with E-state index in [0.29, 0.717) is 11.7 Å². The molecule has 18 heavy (non-hydrogen) atoms. The number of nitrogen functional groups attached to an aromatic ring is 1. The number of hydrogen-bond acceptors (Lipinski definition) is 4. The van der Waals surface area contributed by atoms with Gasteiger partial charge in [-0.2, -0.15) is 5.10 Å². The first-order chi connectivity index (χ1) is 8.81. The fraction of sp³-hybridized carbons (Fsp3) is 0.231. The van der Waals surface area contributed by atoms with Crippen LogP contribution in [0.2, 0.25) is 0 Å². The standard InChI is InChI=1S/C13H12N4S/c14-12-9(6-15-17-12)8-3-4-10-11(5-8)18-13(16-10)7-1-2-7/h3-7H,1-2H2,(H3,14,15,17). The van der Waals surface area contributed by atoms with Gasteiger partial charge < -0.3 is 5.73 Å². The van der Waals surface area contributed by atoms with E-state index in [-0.39, 0.29) is 0 Å². The van der Waals surface area contributed by atoms with E-state index in [1.807, 2.05) is 0 Å². The Morgan fingerprint density at radius 1 is 1.33 bits per heavy atom. The molecule has 0 amide bonds. The molecule has 1 aliphatic rings. The van der Waals surface area contributed by atoms with Crippen LogP contribution in [-0.2, 0) is 0 Å². The summed E-state index contributed by atoms with van der Waals surface area (Å²) in [6.07, 6.45) is 4.35. The average molecular weight is 256 g/mol. The van der Waals surface area contributed by atoms with Crippen molar-refractivity contribution in [3.8, 4) is 11.1 Å². The van der Waals surface area contributed by atoms with Crippen LogP contribution in [-0.4, -0.2) is 15.2 Å². The second kappa shape index (κ2) is 3.55. The van der Waals surface area contributed by atoms with Gasteiger partial charge in [0.2, 0.25) is 0 Å². The van der Waals surface area contributed by atoms with E-state index in [2.05, 4.69) is 33.4 Å². The number of nitrogens with zero attached hydrogens (tertiary/aromatic N) is 2. The van der Waals surface area contributed by atoms with Gasteiger partial charge in [0.25, 0.3) is 0 Å². The molecule has 1 aliphatic carbocycles. The number of benzene rings is 1. The van der Waals surface area contributed by atoms with Crippen molar-refractivity contribution >= 4 is 27.4 Å². The zero-order valence-corrected chi connectivity index (χ0v) is 10.5. The predicted molar refractivity (Wildman–Crippen MR) is 73.6 cm³/mol. The number of fused-ring (bicyclic) bond motifs is 1. The number of nitrogens with two attached hydrogens (primary N) is 1. The molecule has 4 nitrogen and oxygen atoms in total. The summed E-state index contributed by atoms with van der Waals surface area (Å²) in [6, 6.07) is 6.28. The number of aromatic amines is 1. The van der Waals surface area contributed by atoms with Gasteiger partial charge in [0.1, 0.15) is 5.82 Å². The van der Waals surface area contributed by atoms with E-state index in [0.717, 1.165) is 16.6 Å². The molecule has 0 saturated heterocycles. The number of aromatic nitrogens is 3. The first kappa shape index (κ1) is 10.1. The van der Waals surface area contributed by atoms with Gasteiger partial charge in [-0.15, -0.1) is 11.3 Å². The largest absolute Gasteiger partial charge is 0.384 e. The maximum Gasteiger partial charge on any atom is 0.126 e. The lowest BCUT2D eigenvalue weighted by Gasteiger charge is -1.98. The van der Waals surface area contributed by atoms with Crippen molar-refractivity contribution in [2.75, 3.05) is 5.73 Å². The van der Waals surface area contributed by atoms with E-state index in [9.17, 15) is 0 Å². The van der Waals surface area contributed by atoms with Crippen molar-refractivity contribution < 1.29 is 0 Å². The summed E-state index contributed by atoms with van der Waals surface area (Å²) in [5.41, 5.74) is 8.99. The number of rotatable bonds is 2. The SMILES string of the molecule is Nc1[nH]ncc1-c1ccc2nc(C3CC3)sc2c1. The Bertz CT molecular complexity index is 724. The summed E-state index contributed by atoms with van der Waals surface area (Å²) in [4.78, 5) is 4.68. The monoisotopic (exact) mass is 256 g/mol. The van der Waals surface area contributed by atoms with Crippen molar-refractivity contribution in [3.05, 3.63) is 29.4 Å². The smallest absolute Gasteiger partial charge is 0.126 e. The maximum absolute atomic E-state index is 5.85. The minimum atomic E-state index is 0.612. The third kappa shape index (κ3) is 1.51. The third-order valence-corrected chi connectivity index (χ3v) is 4.49. The Balaban J connectivity index is 1.85. The van der Waals surface area contributed by atoms with Crippen molar-refractivity contribution in [2.24, 2.45) is 0 Å². The highest BCUT2D eigenvalue weighted by atomic mass is 32.1. The number of H-pyrrole nitrogens is 1. The van der Waals surface area contributed by atoms with Gasteiger partial charge >= 0.3 is 0 Å². The van der Waals surface area contributed by atoms with Gasteiger partial charge in [-0.25, -0.2) is 4.98 Å². The molecular formula is C13H12N4S. The lowest BCUT2D eigenvalue weighted by atomic mass is 10.1. The molecular weight excluding hydrogens is 244 g/mol. The molecule has 0 bridgehead atoms. The van der Waals surface area contributed by atoms with E-state index in [1.54, 1.807) is 17.5 Å². The Morgan fingerprint density at radius 3 is 2.94 bits per heavy atom. The van der Waals surface area contributed by atoms with Crippen molar-refractivity contribution in [3.63, 3.8) is 0 Å². The number of hydrogen-bond donors (Lipinski definition) is 2. The van der Waals surface area contributed by atoms with Gasteiger partial charge in [0, 0.05) is 11.5 Å². The number of anilines is 1. The number of thiazole rings is 1. The summed E-state index contributed by atoms with van der Waals surface area (Å²) in [7, 11) is 0. The van der Waals surface area contributed by atoms with Crippen LogP contribution < -0.4 is 5.73 Å². The molecule has 1 fully saturated rings. The first-order valence-corrected chi connectivity index (χ1v) is 6.82. The summed E-state index contributed by atoms with van der Waals surface area (Å²) in [5.74, 6) is 1.33. The molecule has 2 heterocycles. The summed E-state index contributed by atoms with van der Waals surface area (Å²) in [6.45, 7) is 0. The van der Waals surface area contributed by atoms with E-state index >= 15 is 0 Å². The average Bonchev–Trinajstić information content (AvgIpc) is 3.00. The van der Waals surface area contributed by atoms with Crippen LogP contribution in [0.25, 0.3) is 21.3 Å². The van der Waals surface area contributed by atoms with E-state index in [1.165, 1.54) is 22.5 Å². The van der Waals surface area contributed by atoms with Gasteiger partial charge in [0.05, 0.1) is 21.4 Å². The molecule has 0 radical (unpaired) electrons. The molecule has 1 aromatic carbocycles. The quantitative estimate of drug-likeness (QED) is 0.740. The Hall–Kier alpha value is -1.88. The Kier molecular flexibility index (Phi) is 1.99. The molecule has 5 heteroatoms. The minimum absolute atomic E-state index is 0.612. The normalized spacial score (nSPS) is 15.3. The Morgan fingerprint density at radius 2 is 2.22 bits per heavy atom. The van der Waals surface area contributed by atoms with Crippen LogP contribution >= 0.6 is 11.3 Å². The summed E-state index contributed by atoms with van der Waals surface area (Å²) >= 11 is 1.80. The molecule has 4 rings (SSSR count). The highest BCUT2D eigenvalue weighted by Gasteiger charge is 2.27. The highest BCUT2D eigenvalue weighted by molar-refractivity contribution is 7.18. The van der Waals surface area contributed by atoms with Crippen molar-refractivity contribution in [2.45, 2.75) is 18.8 Å². The van der Waals surface area contributed by atoms with Crippen molar-refractivity contribution in [1.29, 1.82) is 0 Å². The zero-order valence-electron chi connectivity index (χ0n) is 9.68. The van der Waals surface area contributed by atoms with Crippen LogP contribution in [0.15, 0.2) is 24.4 Å². The highest BCUT2D eigenvalue weighted by Crippen LogP contribution is 2.43. The van der Waals surface area contributed by atoms with Crippen molar-refractivity contribution in [1.82, 2.24) is 15.2 Å². The zero-order chi connectivity index (χ0) is 12.1. The van der Waals surface area contributed by atoms with E-state index in [4.69, 9.17) is 5.73 Å². The number of nitrogens with one attached hydrogen (secondary N) is 1. The Labute approximate surface area is 108 Å². The lowest BCUT2D eigenvalue weighted by Crippen LogP contribution is -1.87. The molecule has 90 valence electrons. The summed E-state index contributed by atoms with van der Waals surface area (Å²) < 4.78 is 1.23. The second-order valence-electron chi connectivity index (χ2n) is 4.71. The van der Waals surface area contributed by atoms with Crippen LogP contribution in [0.1, 0.15) is 23.8 Å². The molecule has 3 aromatic rings. The van der Waals surface area contributed by atoms with Gasteiger partial charge in [-0.05, 0) is 30.5 Å².